The van der Waals surface area contributed by atoms with Gasteiger partial charge in [-0.1, -0.05) is 60.7 Å². The summed E-state index contributed by atoms with van der Waals surface area (Å²) < 4.78 is 11.5. The highest BCUT2D eigenvalue weighted by Gasteiger charge is 2.69. The molecule has 2 aromatic carbocycles. The second-order valence-corrected chi connectivity index (χ2v) is 7.54. The molecule has 2 aromatic rings. The van der Waals surface area contributed by atoms with Crippen molar-refractivity contribution in [2.24, 2.45) is 0 Å². The molecule has 3 heterocycles. The number of hydrogen-bond acceptors (Lipinski definition) is 4. The van der Waals surface area contributed by atoms with E-state index in [1.54, 1.807) is 9.80 Å². The number of fused-ring (bicyclic) bond motifs is 1. The Labute approximate surface area is 163 Å². The molecule has 28 heavy (non-hydrogen) atoms. The summed E-state index contributed by atoms with van der Waals surface area (Å²) >= 11 is 0. The van der Waals surface area contributed by atoms with Gasteiger partial charge in [-0.2, -0.15) is 0 Å². The van der Waals surface area contributed by atoms with Crippen LogP contribution in [0.5, 0.6) is 0 Å². The molecule has 144 valence electrons. The average Bonchev–Trinajstić information content (AvgIpc) is 3.14. The van der Waals surface area contributed by atoms with Crippen LogP contribution in [0.2, 0.25) is 0 Å². The monoisotopic (exact) mass is 378 g/mol. The van der Waals surface area contributed by atoms with Gasteiger partial charge in [-0.3, -0.25) is 9.69 Å². The van der Waals surface area contributed by atoms with E-state index in [1.165, 1.54) is 0 Å². The van der Waals surface area contributed by atoms with Crippen LogP contribution in [-0.4, -0.2) is 53.3 Å². The number of carbonyl (C=O) groups is 2. The number of benzene rings is 2. The minimum atomic E-state index is -1.07. The third kappa shape index (κ3) is 2.44. The predicted octanol–water partition coefficient (Wildman–Crippen LogP) is 2.75. The Balaban J connectivity index is 1.59. The molecule has 0 saturated carbocycles. The molecule has 3 aliphatic rings. The van der Waals surface area contributed by atoms with E-state index in [0.29, 0.717) is 19.6 Å². The van der Waals surface area contributed by atoms with Crippen molar-refractivity contribution in [2.75, 3.05) is 19.8 Å². The summed E-state index contributed by atoms with van der Waals surface area (Å²) in [7, 11) is 0. The van der Waals surface area contributed by atoms with Crippen LogP contribution >= 0.6 is 0 Å². The maximum absolute atomic E-state index is 13.4. The minimum Gasteiger partial charge on any atom is -0.447 e. The van der Waals surface area contributed by atoms with Crippen molar-refractivity contribution in [1.82, 2.24) is 9.80 Å². The highest BCUT2D eigenvalue weighted by atomic mass is 16.6. The molecule has 3 fully saturated rings. The molecule has 2 amide bonds. The lowest BCUT2D eigenvalue weighted by Crippen LogP contribution is -2.82. The fourth-order valence-corrected chi connectivity index (χ4v) is 4.69. The first-order chi connectivity index (χ1) is 13.7. The number of rotatable bonds is 4. The molecule has 6 heteroatoms. The Morgan fingerprint density at radius 1 is 1.00 bits per heavy atom. The van der Waals surface area contributed by atoms with Crippen molar-refractivity contribution >= 4 is 12.0 Å². The van der Waals surface area contributed by atoms with Gasteiger partial charge in [0.2, 0.25) is 0 Å². The lowest BCUT2D eigenvalue weighted by atomic mass is 9.76. The van der Waals surface area contributed by atoms with E-state index < -0.39 is 17.9 Å². The number of nitrogens with zero attached hydrogens (tertiary/aromatic N) is 2. The lowest BCUT2D eigenvalue weighted by Gasteiger charge is -2.60. The van der Waals surface area contributed by atoms with Crippen LogP contribution in [0.1, 0.15) is 23.6 Å². The molecular formula is C22H22N2O4. The highest BCUT2D eigenvalue weighted by molar-refractivity contribution is 5.97. The quantitative estimate of drug-likeness (QED) is 0.768. The highest BCUT2D eigenvalue weighted by Crippen LogP contribution is 2.47. The summed E-state index contributed by atoms with van der Waals surface area (Å²) in [5.41, 5.74) is 0.884. The number of carbonyl (C=O) groups excluding carboxylic acids is 2. The fraction of sp³-hybridized carbons (Fsp3) is 0.364. The molecule has 6 nitrogen and oxygen atoms in total. The standard InChI is InChI=1S/C22H22N2O4/c25-19-22(14-16-8-3-1-4-9-16,20-23(19)12-7-13-27-20)24-18(15-28-21(24)26)17-10-5-2-6-11-17/h1-6,8-11,18,20H,7,12-15H2/t18-,20+,22-/m0/s1. The van der Waals surface area contributed by atoms with Gasteiger partial charge in [0, 0.05) is 13.0 Å². The van der Waals surface area contributed by atoms with Crippen LogP contribution in [0.3, 0.4) is 0 Å². The summed E-state index contributed by atoms with van der Waals surface area (Å²) in [5.74, 6) is -0.0548. The van der Waals surface area contributed by atoms with E-state index in [-0.39, 0.29) is 18.6 Å². The Bertz CT molecular complexity index is 888. The number of amides is 2. The molecule has 0 bridgehead atoms. The van der Waals surface area contributed by atoms with Crippen LogP contribution in [0.4, 0.5) is 4.79 Å². The summed E-state index contributed by atoms with van der Waals surface area (Å²) in [6.45, 7) is 1.49. The SMILES string of the molecule is O=C1OC[C@@H](c2ccccc2)N1[C@@]1(Cc2ccccc2)C(=O)N2CCCO[C@@H]21. The molecule has 0 aromatic heterocycles. The van der Waals surface area contributed by atoms with Crippen molar-refractivity contribution in [3.63, 3.8) is 0 Å². The van der Waals surface area contributed by atoms with Gasteiger partial charge in [0.15, 0.2) is 11.8 Å². The van der Waals surface area contributed by atoms with Crippen molar-refractivity contribution in [3.05, 3.63) is 71.8 Å². The first-order valence-corrected chi connectivity index (χ1v) is 9.69. The number of hydrogen-bond donors (Lipinski definition) is 0. The topological polar surface area (TPSA) is 59.1 Å². The van der Waals surface area contributed by atoms with Gasteiger partial charge < -0.3 is 14.4 Å². The second-order valence-electron chi connectivity index (χ2n) is 7.54. The molecule has 5 rings (SSSR count). The third-order valence-electron chi connectivity index (χ3n) is 5.95. The van der Waals surface area contributed by atoms with Gasteiger partial charge in [0.25, 0.3) is 5.91 Å². The van der Waals surface area contributed by atoms with E-state index >= 15 is 0 Å². The maximum Gasteiger partial charge on any atom is 0.411 e. The van der Waals surface area contributed by atoms with Gasteiger partial charge in [-0.05, 0) is 17.5 Å². The Morgan fingerprint density at radius 3 is 2.46 bits per heavy atom. The van der Waals surface area contributed by atoms with Crippen molar-refractivity contribution < 1.29 is 19.1 Å². The van der Waals surface area contributed by atoms with E-state index in [2.05, 4.69) is 0 Å². The molecule has 0 aliphatic carbocycles. The van der Waals surface area contributed by atoms with Gasteiger partial charge in [0.05, 0.1) is 12.6 Å². The minimum absolute atomic E-state index is 0.0548. The van der Waals surface area contributed by atoms with E-state index in [4.69, 9.17) is 9.47 Å². The normalized spacial score (nSPS) is 29.3. The number of cyclic esters (lactones) is 1. The smallest absolute Gasteiger partial charge is 0.411 e. The van der Waals surface area contributed by atoms with Gasteiger partial charge >= 0.3 is 6.09 Å². The summed E-state index contributed by atoms with van der Waals surface area (Å²) in [6.07, 6.45) is 0.334. The molecule has 0 unspecified atom stereocenters. The van der Waals surface area contributed by atoms with E-state index in [9.17, 15) is 9.59 Å². The van der Waals surface area contributed by atoms with Crippen molar-refractivity contribution in [2.45, 2.75) is 30.7 Å². The summed E-state index contributed by atoms with van der Waals surface area (Å²) in [4.78, 5) is 29.7. The van der Waals surface area contributed by atoms with Crippen LogP contribution < -0.4 is 0 Å². The zero-order valence-electron chi connectivity index (χ0n) is 15.5. The fourth-order valence-electron chi connectivity index (χ4n) is 4.69. The Kier molecular flexibility index (Phi) is 4.09. The van der Waals surface area contributed by atoms with E-state index in [1.807, 2.05) is 60.7 Å². The van der Waals surface area contributed by atoms with Crippen LogP contribution in [-0.2, 0) is 20.7 Å². The van der Waals surface area contributed by atoms with E-state index in [0.717, 1.165) is 17.5 Å². The van der Waals surface area contributed by atoms with Crippen LogP contribution in [0.25, 0.3) is 0 Å². The molecule has 3 saturated heterocycles. The number of β-lactam (4-membered cyclic amide) rings is 1. The molecule has 0 radical (unpaired) electrons. The first kappa shape index (κ1) is 17.3. The summed E-state index contributed by atoms with van der Waals surface area (Å²) in [6, 6.07) is 19.2. The largest absolute Gasteiger partial charge is 0.447 e. The van der Waals surface area contributed by atoms with Crippen LogP contribution in [0.15, 0.2) is 60.7 Å². The molecular weight excluding hydrogens is 356 g/mol. The molecule has 0 N–H and O–H groups in total. The average molecular weight is 378 g/mol. The van der Waals surface area contributed by atoms with Gasteiger partial charge in [0.1, 0.15) is 6.61 Å². The summed E-state index contributed by atoms with van der Waals surface area (Å²) in [5, 5.41) is 0. The number of ether oxygens (including phenoxy) is 2. The molecule has 0 spiro atoms. The van der Waals surface area contributed by atoms with Crippen LogP contribution in [0, 0.1) is 0 Å². The van der Waals surface area contributed by atoms with Gasteiger partial charge in [-0.25, -0.2) is 4.79 Å². The lowest BCUT2D eigenvalue weighted by molar-refractivity contribution is -0.236. The molecule has 3 aliphatic heterocycles. The zero-order valence-corrected chi connectivity index (χ0v) is 15.5. The van der Waals surface area contributed by atoms with Gasteiger partial charge in [-0.15, -0.1) is 0 Å². The Morgan fingerprint density at radius 2 is 1.71 bits per heavy atom. The first-order valence-electron chi connectivity index (χ1n) is 9.69. The molecule has 3 atom stereocenters. The maximum atomic E-state index is 13.4. The van der Waals surface area contributed by atoms with Crippen molar-refractivity contribution in [3.8, 4) is 0 Å². The van der Waals surface area contributed by atoms with Crippen molar-refractivity contribution in [1.29, 1.82) is 0 Å². The second kappa shape index (κ2) is 6.63. The predicted molar refractivity (Wildman–Crippen MR) is 101 cm³/mol. The Hall–Kier alpha value is -2.86. The third-order valence-corrected chi connectivity index (χ3v) is 5.95. The zero-order chi connectivity index (χ0) is 19.1.